The van der Waals surface area contributed by atoms with Gasteiger partial charge in [-0.05, 0) is 50.3 Å². The van der Waals surface area contributed by atoms with E-state index in [9.17, 15) is 14.2 Å². The predicted molar refractivity (Wildman–Crippen MR) is 108 cm³/mol. The molecule has 1 saturated carbocycles. The molecule has 1 aliphatic rings. The van der Waals surface area contributed by atoms with Crippen LogP contribution in [-0.2, 0) is 24.6 Å². The van der Waals surface area contributed by atoms with Crippen LogP contribution in [0.4, 0.5) is 0 Å². The molecule has 3 N–H and O–H groups in total. The van der Waals surface area contributed by atoms with Crippen LogP contribution in [0.15, 0.2) is 24.3 Å². The van der Waals surface area contributed by atoms with Crippen molar-refractivity contribution in [3.8, 4) is 0 Å². The maximum absolute atomic E-state index is 12.6. The van der Waals surface area contributed by atoms with Gasteiger partial charge in [-0.15, -0.1) is 0 Å². The fraction of sp³-hybridized carbons (Fsp3) is 0.600. The van der Waals surface area contributed by atoms with Crippen LogP contribution in [0.2, 0.25) is 0 Å². The Hall–Kier alpha value is -1.69. The number of carbonyl (C=O) groups excluding carboxylic acids is 2. The molecule has 0 heterocycles. The van der Waals surface area contributed by atoms with Gasteiger partial charge in [0.15, 0.2) is 0 Å². The zero-order valence-electron chi connectivity index (χ0n) is 16.7. The molecular formula is C20H31N2O5P. The Labute approximate surface area is 166 Å². The van der Waals surface area contributed by atoms with Crippen LogP contribution < -0.4 is 11.1 Å². The van der Waals surface area contributed by atoms with E-state index >= 15 is 0 Å². The lowest BCUT2D eigenvalue weighted by Crippen LogP contribution is -2.49. The van der Waals surface area contributed by atoms with Gasteiger partial charge in [-0.2, -0.15) is 0 Å². The molecule has 2 amide bonds. The highest BCUT2D eigenvalue weighted by Gasteiger charge is 2.30. The third-order valence-corrected chi connectivity index (χ3v) is 7.01. The summed E-state index contributed by atoms with van der Waals surface area (Å²) in [6.07, 6.45) is 5.21. The van der Waals surface area contributed by atoms with E-state index < -0.39 is 19.5 Å². The van der Waals surface area contributed by atoms with Gasteiger partial charge < -0.3 is 20.1 Å². The first kappa shape index (κ1) is 22.6. The largest absolute Gasteiger partial charge is 0.368 e. The Morgan fingerprint density at radius 1 is 1.11 bits per heavy atom. The summed E-state index contributed by atoms with van der Waals surface area (Å²) in [4.78, 5) is 24.4. The lowest BCUT2D eigenvalue weighted by Gasteiger charge is -2.28. The molecule has 7 nitrogen and oxygen atoms in total. The van der Waals surface area contributed by atoms with Crippen LogP contribution in [0.5, 0.6) is 0 Å². The average molecular weight is 410 g/mol. The third-order valence-electron chi connectivity index (χ3n) is 4.96. The fourth-order valence-corrected chi connectivity index (χ4v) is 5.32. The van der Waals surface area contributed by atoms with Crippen LogP contribution in [-0.4, -0.2) is 31.1 Å². The molecule has 1 fully saturated rings. The van der Waals surface area contributed by atoms with Crippen molar-refractivity contribution in [1.29, 1.82) is 0 Å². The van der Waals surface area contributed by atoms with Crippen molar-refractivity contribution in [1.82, 2.24) is 5.32 Å². The number of nitrogens with one attached hydrogen (secondary N) is 1. The van der Waals surface area contributed by atoms with E-state index in [1.807, 2.05) is 0 Å². The van der Waals surface area contributed by atoms with Crippen LogP contribution in [0, 0.1) is 5.92 Å². The Bertz CT molecular complexity index is 691. The first-order chi connectivity index (χ1) is 13.4. The van der Waals surface area contributed by atoms with Gasteiger partial charge in [-0.25, -0.2) is 0 Å². The Morgan fingerprint density at radius 2 is 1.68 bits per heavy atom. The van der Waals surface area contributed by atoms with E-state index in [0.29, 0.717) is 18.8 Å². The second-order valence-corrected chi connectivity index (χ2v) is 9.11. The van der Waals surface area contributed by atoms with Gasteiger partial charge >= 0.3 is 7.60 Å². The molecule has 28 heavy (non-hydrogen) atoms. The highest BCUT2D eigenvalue weighted by molar-refractivity contribution is 7.53. The van der Waals surface area contributed by atoms with Gasteiger partial charge in [0, 0.05) is 5.56 Å². The molecule has 0 aliphatic heterocycles. The molecule has 2 rings (SSSR count). The molecule has 1 aromatic carbocycles. The van der Waals surface area contributed by atoms with Gasteiger partial charge in [-0.3, -0.25) is 14.2 Å². The maximum atomic E-state index is 12.6. The summed E-state index contributed by atoms with van der Waals surface area (Å²) in [6.45, 7) is 4.13. The number of carbonyl (C=O) groups is 2. The van der Waals surface area contributed by atoms with Crippen LogP contribution >= 0.6 is 7.60 Å². The zero-order valence-corrected chi connectivity index (χ0v) is 17.6. The lowest BCUT2D eigenvalue weighted by atomic mass is 9.83. The number of primary amides is 1. The molecular weight excluding hydrogens is 379 g/mol. The topological polar surface area (TPSA) is 108 Å². The SMILES string of the molecule is CCOP(=O)(Cc1ccc(C(=O)N[C@H](C(N)=O)C2CCCCC2)cc1)OCC. The van der Waals surface area contributed by atoms with Crippen LogP contribution in [0.1, 0.15) is 61.9 Å². The first-order valence-corrected chi connectivity index (χ1v) is 11.7. The highest BCUT2D eigenvalue weighted by atomic mass is 31.2. The molecule has 0 bridgehead atoms. The minimum absolute atomic E-state index is 0.0951. The van der Waals surface area contributed by atoms with Crippen molar-refractivity contribution in [3.63, 3.8) is 0 Å². The molecule has 8 heteroatoms. The Kier molecular flexibility index (Phi) is 8.67. The average Bonchev–Trinajstić information content (AvgIpc) is 2.67. The molecule has 1 aliphatic carbocycles. The van der Waals surface area contributed by atoms with Gasteiger partial charge in [0.2, 0.25) is 5.91 Å². The molecule has 0 radical (unpaired) electrons. The van der Waals surface area contributed by atoms with E-state index in [1.54, 1.807) is 38.1 Å². The third kappa shape index (κ3) is 6.43. The number of benzene rings is 1. The lowest BCUT2D eigenvalue weighted by molar-refractivity contribution is -0.121. The standard InChI is InChI=1S/C20H31N2O5P/c1-3-26-28(25,27-4-2)14-15-10-12-17(13-11-15)20(24)22-18(19(21)23)16-8-6-5-7-9-16/h10-13,16,18H,3-9,14H2,1-2H3,(H2,21,23)(H,22,24)/t18-/m0/s1. The summed E-state index contributed by atoms with van der Waals surface area (Å²) >= 11 is 0. The fourth-order valence-electron chi connectivity index (χ4n) is 3.62. The summed E-state index contributed by atoms with van der Waals surface area (Å²) in [5.41, 5.74) is 6.71. The number of rotatable bonds is 10. The Morgan fingerprint density at radius 3 is 2.18 bits per heavy atom. The number of hydrogen-bond acceptors (Lipinski definition) is 5. The van der Waals surface area contributed by atoms with Gasteiger partial charge in [-0.1, -0.05) is 31.4 Å². The molecule has 0 spiro atoms. The first-order valence-electron chi connectivity index (χ1n) is 9.95. The maximum Gasteiger partial charge on any atom is 0.335 e. The number of hydrogen-bond donors (Lipinski definition) is 2. The van der Waals surface area contributed by atoms with Crippen molar-refractivity contribution in [2.75, 3.05) is 13.2 Å². The molecule has 0 aromatic heterocycles. The van der Waals surface area contributed by atoms with Crippen LogP contribution in [0.3, 0.4) is 0 Å². The second-order valence-electron chi connectivity index (χ2n) is 7.05. The van der Waals surface area contributed by atoms with Gasteiger partial charge in [0.25, 0.3) is 5.91 Å². The summed E-state index contributed by atoms with van der Waals surface area (Å²) < 4.78 is 23.2. The summed E-state index contributed by atoms with van der Waals surface area (Å²) in [6, 6.07) is 6.08. The number of nitrogens with two attached hydrogens (primary N) is 1. The quantitative estimate of drug-likeness (QED) is 0.573. The summed E-state index contributed by atoms with van der Waals surface area (Å²) in [5.74, 6) is -0.734. The monoisotopic (exact) mass is 410 g/mol. The number of amides is 2. The van der Waals surface area contributed by atoms with E-state index in [4.69, 9.17) is 14.8 Å². The van der Waals surface area contributed by atoms with E-state index in [2.05, 4.69) is 5.32 Å². The second kappa shape index (κ2) is 10.7. The highest BCUT2D eigenvalue weighted by Crippen LogP contribution is 2.51. The molecule has 156 valence electrons. The molecule has 1 atom stereocenters. The van der Waals surface area contributed by atoms with E-state index in [-0.39, 0.29) is 18.0 Å². The minimum atomic E-state index is -3.20. The Balaban J connectivity index is 2.03. The summed E-state index contributed by atoms with van der Waals surface area (Å²) in [7, 11) is -3.20. The van der Waals surface area contributed by atoms with Crippen molar-refractivity contribution >= 4 is 19.4 Å². The molecule has 1 aromatic rings. The normalized spacial score (nSPS) is 16.5. The predicted octanol–water partition coefficient (Wildman–Crippen LogP) is 3.62. The van der Waals surface area contributed by atoms with E-state index in [0.717, 1.165) is 37.7 Å². The summed E-state index contributed by atoms with van der Waals surface area (Å²) in [5, 5.41) is 2.79. The van der Waals surface area contributed by atoms with Crippen molar-refractivity contribution in [2.24, 2.45) is 11.7 Å². The minimum Gasteiger partial charge on any atom is -0.368 e. The van der Waals surface area contributed by atoms with Crippen molar-refractivity contribution in [3.05, 3.63) is 35.4 Å². The van der Waals surface area contributed by atoms with Gasteiger partial charge in [0.05, 0.1) is 19.4 Å². The zero-order chi connectivity index (χ0) is 20.6. The van der Waals surface area contributed by atoms with E-state index in [1.165, 1.54) is 0 Å². The smallest absolute Gasteiger partial charge is 0.335 e. The van der Waals surface area contributed by atoms with Crippen LogP contribution in [0.25, 0.3) is 0 Å². The molecule has 0 saturated heterocycles. The van der Waals surface area contributed by atoms with Crippen molar-refractivity contribution < 1.29 is 23.2 Å². The van der Waals surface area contributed by atoms with Crippen molar-refractivity contribution in [2.45, 2.75) is 58.2 Å². The molecule has 0 unspecified atom stereocenters. The van der Waals surface area contributed by atoms with Gasteiger partial charge in [0.1, 0.15) is 6.04 Å².